The van der Waals surface area contributed by atoms with Crippen molar-refractivity contribution >= 4 is 15.9 Å². The Morgan fingerprint density at radius 2 is 2.62 bits per heavy atom. The number of aromatic nitrogens is 3. The summed E-state index contributed by atoms with van der Waals surface area (Å²) in [7, 11) is 0. The van der Waals surface area contributed by atoms with Crippen LogP contribution in [0.3, 0.4) is 0 Å². The van der Waals surface area contributed by atoms with Crippen molar-refractivity contribution in [1.82, 2.24) is 14.8 Å². The molecule has 1 heterocycles. The summed E-state index contributed by atoms with van der Waals surface area (Å²) in [5.41, 5.74) is 0. The molecule has 1 rings (SSSR count). The summed E-state index contributed by atoms with van der Waals surface area (Å²) in [6, 6.07) is 0. The molecule has 0 spiro atoms. The maximum absolute atomic E-state index is 7.09. The summed E-state index contributed by atoms with van der Waals surface area (Å²) < 4.78 is 42.8. The molecule has 0 aromatic carbocycles. The molecule has 0 unspecified atom stereocenters. The third-order valence-corrected chi connectivity index (χ3v) is 1.14. The van der Waals surface area contributed by atoms with E-state index in [1.165, 1.54) is 0 Å². The quantitative estimate of drug-likeness (QED) is 0.596. The Labute approximate surface area is 64.3 Å². The molecule has 0 saturated heterocycles. The second kappa shape index (κ2) is 1.85. The fourth-order valence-corrected chi connectivity index (χ4v) is 0.513. The second-order valence-corrected chi connectivity index (χ2v) is 1.84. The van der Waals surface area contributed by atoms with Crippen LogP contribution in [0, 0.1) is 6.85 Å². The lowest BCUT2D eigenvalue weighted by Gasteiger charge is -1.89. The molecule has 3 nitrogen and oxygen atoms in total. The predicted octanol–water partition coefficient (Wildman–Crippen LogP) is 0.886. The number of hydrogen-bond donors (Lipinski definition) is 0. The fourth-order valence-electron chi connectivity index (χ4n) is 0.265. The van der Waals surface area contributed by atoms with Crippen LogP contribution in [0.5, 0.6) is 0 Å². The van der Waals surface area contributed by atoms with Crippen molar-refractivity contribution in [3.8, 4) is 0 Å². The lowest BCUT2D eigenvalue weighted by molar-refractivity contribution is 0.838. The summed E-state index contributed by atoms with van der Waals surface area (Å²) in [6.07, 6.45) is 0. The van der Waals surface area contributed by atoms with Crippen LogP contribution in [0.25, 0.3) is 0 Å². The second-order valence-electron chi connectivity index (χ2n) is 1.13. The van der Waals surface area contributed by atoms with Crippen molar-refractivity contribution in [3.05, 3.63) is 10.6 Å². The topological polar surface area (TPSA) is 30.7 Å². The minimum absolute atomic E-state index is 0.122. The van der Waals surface area contributed by atoms with Crippen molar-refractivity contribution in [3.63, 3.8) is 0 Å². The molecule has 0 aliphatic rings. The molecule has 0 fully saturated rings. The third kappa shape index (κ3) is 0.753. The number of rotatable bonds is 0. The highest BCUT2D eigenvalue weighted by Crippen LogP contribution is 2.03. The zero-order chi connectivity index (χ0) is 11.1. The van der Waals surface area contributed by atoms with Crippen molar-refractivity contribution < 1.29 is 8.22 Å². The number of halogens is 1. The van der Waals surface area contributed by atoms with Crippen LogP contribution in [-0.4, -0.2) is 14.8 Å². The van der Waals surface area contributed by atoms with E-state index in [0.29, 0.717) is 4.57 Å². The van der Waals surface area contributed by atoms with Crippen molar-refractivity contribution in [2.75, 3.05) is 0 Å². The first kappa shape index (κ1) is 1.80. The average molecular weight is 182 g/mol. The molecule has 0 aliphatic heterocycles. The molecule has 4 heteroatoms. The molecule has 0 saturated carbocycles. The van der Waals surface area contributed by atoms with Gasteiger partial charge in [-0.15, -0.1) is 10.2 Å². The predicted molar refractivity (Wildman–Crippen MR) is 33.4 cm³/mol. The van der Waals surface area contributed by atoms with Crippen LogP contribution in [0.4, 0.5) is 0 Å². The van der Waals surface area contributed by atoms with Gasteiger partial charge in [-0.05, 0) is 22.8 Å². The molecular formula is C4H6BrN3. The van der Waals surface area contributed by atoms with E-state index in [0.717, 1.165) is 0 Å². The van der Waals surface area contributed by atoms with Gasteiger partial charge in [0.25, 0.3) is 0 Å². The minimum Gasteiger partial charge on any atom is -0.309 e. The lowest BCUT2D eigenvalue weighted by Crippen LogP contribution is -1.89. The minimum atomic E-state index is -2.61. The molecule has 44 valence electrons. The summed E-state index contributed by atoms with van der Waals surface area (Å²) in [4.78, 5) is 0. The van der Waals surface area contributed by atoms with Gasteiger partial charge >= 0.3 is 0 Å². The summed E-state index contributed by atoms with van der Waals surface area (Å²) in [5, 5.41) is 6.66. The lowest BCUT2D eigenvalue weighted by atomic mass is 10.7. The molecule has 0 N–H and O–H groups in total. The van der Waals surface area contributed by atoms with Gasteiger partial charge in [0.15, 0.2) is 4.73 Å². The number of nitrogens with zero attached hydrogens (tertiary/aromatic N) is 3. The van der Waals surface area contributed by atoms with E-state index in [1.807, 2.05) is 0 Å². The first-order chi connectivity index (χ1) is 6.14. The highest BCUT2D eigenvalue weighted by atomic mass is 79.9. The largest absolute Gasteiger partial charge is 0.309 e. The Kier molecular flexibility index (Phi) is 0.417. The normalized spacial score (nSPS) is 24.1. The van der Waals surface area contributed by atoms with Gasteiger partial charge in [-0.2, -0.15) is 0 Å². The highest BCUT2D eigenvalue weighted by Gasteiger charge is 1.96. The summed E-state index contributed by atoms with van der Waals surface area (Å²) >= 11 is 2.82. The Hall–Kier alpha value is -0.380. The van der Waals surface area contributed by atoms with E-state index in [-0.39, 0.29) is 4.73 Å². The molecule has 0 bridgehead atoms. The van der Waals surface area contributed by atoms with Crippen LogP contribution in [0.15, 0.2) is 4.73 Å². The van der Waals surface area contributed by atoms with Crippen LogP contribution in [0.1, 0.15) is 14.0 Å². The summed E-state index contributed by atoms with van der Waals surface area (Å²) in [5.74, 6) is -0.552. The summed E-state index contributed by atoms with van der Waals surface area (Å²) in [6.45, 7) is -5.19. The zero-order valence-electron chi connectivity index (χ0n) is 9.72. The Balaban J connectivity index is 3.35. The van der Waals surface area contributed by atoms with Gasteiger partial charge in [0.1, 0.15) is 5.82 Å². The highest BCUT2D eigenvalue weighted by molar-refractivity contribution is 9.10. The molecule has 0 radical (unpaired) electrons. The smallest absolute Gasteiger partial charge is 0.199 e. The van der Waals surface area contributed by atoms with Crippen LogP contribution < -0.4 is 0 Å². The Morgan fingerprint density at radius 1 is 1.75 bits per heavy atom. The van der Waals surface area contributed by atoms with Crippen LogP contribution in [0.2, 0.25) is 0 Å². The van der Waals surface area contributed by atoms with Crippen molar-refractivity contribution in [2.24, 2.45) is 6.98 Å². The van der Waals surface area contributed by atoms with Crippen LogP contribution in [-0.2, 0) is 6.98 Å². The first-order valence-electron chi connectivity index (χ1n) is 4.76. The van der Waals surface area contributed by atoms with E-state index >= 15 is 0 Å². The first-order valence-corrected chi connectivity index (χ1v) is 2.55. The van der Waals surface area contributed by atoms with Gasteiger partial charge in [-0.1, -0.05) is 0 Å². The average Bonchev–Trinajstić information content (AvgIpc) is 2.27. The van der Waals surface area contributed by atoms with Gasteiger partial charge in [-0.25, -0.2) is 0 Å². The van der Waals surface area contributed by atoms with Crippen molar-refractivity contribution in [2.45, 2.75) is 6.85 Å². The van der Waals surface area contributed by atoms with Gasteiger partial charge in [0.05, 0.1) is 0 Å². The zero-order valence-corrected chi connectivity index (χ0v) is 5.31. The van der Waals surface area contributed by atoms with Crippen LogP contribution >= 0.6 is 15.9 Å². The fraction of sp³-hybridized carbons (Fsp3) is 0.500. The molecule has 0 amide bonds. The van der Waals surface area contributed by atoms with E-state index < -0.39 is 19.7 Å². The Bertz CT molecular complexity index is 338. The molecule has 8 heavy (non-hydrogen) atoms. The molecule has 0 atom stereocenters. The molecule has 1 aromatic rings. The van der Waals surface area contributed by atoms with Gasteiger partial charge in [-0.3, -0.25) is 0 Å². The Morgan fingerprint density at radius 3 is 3.12 bits per heavy atom. The van der Waals surface area contributed by atoms with E-state index in [2.05, 4.69) is 26.1 Å². The van der Waals surface area contributed by atoms with Gasteiger partial charge in [0, 0.05) is 15.2 Å². The standard InChI is InChI=1S/C4H6BrN3/c1-3-6-7-4(5)8(3)2/h1-2H3/i1D3,2D3. The van der Waals surface area contributed by atoms with Gasteiger partial charge < -0.3 is 4.57 Å². The van der Waals surface area contributed by atoms with E-state index in [9.17, 15) is 0 Å². The number of hydrogen-bond acceptors (Lipinski definition) is 2. The van der Waals surface area contributed by atoms with E-state index in [4.69, 9.17) is 8.22 Å². The third-order valence-electron chi connectivity index (χ3n) is 0.624. The SMILES string of the molecule is [2H]C([2H])([2H])c1nnc(Br)n1C([2H])([2H])[2H]. The maximum atomic E-state index is 7.09. The van der Waals surface area contributed by atoms with E-state index in [1.54, 1.807) is 0 Å². The number of aryl methyl sites for hydroxylation is 1. The molecular weight excluding hydrogens is 170 g/mol. The molecule has 0 aliphatic carbocycles. The van der Waals surface area contributed by atoms with Crippen molar-refractivity contribution in [1.29, 1.82) is 0 Å². The molecule has 1 aromatic heterocycles. The maximum Gasteiger partial charge on any atom is 0.199 e. The van der Waals surface area contributed by atoms with Gasteiger partial charge in [0.2, 0.25) is 0 Å². The monoisotopic (exact) mass is 181 g/mol.